The van der Waals surface area contributed by atoms with Crippen LogP contribution in [0.2, 0.25) is 0 Å². The number of aliphatic hydroxyl groups is 2. The van der Waals surface area contributed by atoms with Crippen molar-refractivity contribution in [1.82, 2.24) is 19.8 Å². The van der Waals surface area contributed by atoms with Gasteiger partial charge in [0, 0.05) is 43.6 Å². The number of benzene rings is 2. The molecule has 2 atom stereocenters. The van der Waals surface area contributed by atoms with E-state index in [2.05, 4.69) is 42.7 Å². The lowest BCUT2D eigenvalue weighted by atomic mass is 10.1. The molecule has 4 heterocycles. The van der Waals surface area contributed by atoms with Crippen LogP contribution in [0.1, 0.15) is 45.9 Å². The molecule has 17 heteroatoms. The van der Waals surface area contributed by atoms with Crippen LogP contribution in [0.5, 0.6) is 11.5 Å². The zero-order chi connectivity index (χ0) is 35.5. The fraction of sp³-hybridized carbons (Fsp3) is 0.312. The number of hydrogen-bond acceptors (Lipinski definition) is 6. The van der Waals surface area contributed by atoms with E-state index < -0.39 is 12.7 Å². The van der Waals surface area contributed by atoms with E-state index in [1.807, 2.05) is 4.57 Å². The molecule has 0 bridgehead atoms. The Morgan fingerprint density at radius 1 is 0.735 bits per heavy atom. The van der Waals surface area contributed by atoms with E-state index in [4.69, 9.17) is 5.11 Å². The molecular weight excluding hydrogens is 777 g/mol. The minimum atomic E-state index is -4.77. The first kappa shape index (κ1) is 36.1. The summed E-state index contributed by atoms with van der Waals surface area (Å²) in [5.41, 5.74) is 3.11. The Hall–Kier alpha value is -4.23. The van der Waals surface area contributed by atoms with Crippen LogP contribution in [0.4, 0.5) is 26.3 Å². The Bertz CT molecular complexity index is 1820. The lowest BCUT2D eigenvalue weighted by Crippen LogP contribution is -2.39. The molecule has 2 unspecified atom stereocenters. The third-order valence-corrected chi connectivity index (χ3v) is 8.85. The highest BCUT2D eigenvalue weighted by atomic mass is 127. The normalized spacial score (nSPS) is 17.2. The molecular formula is C32H29F6IN4O6. The van der Waals surface area contributed by atoms with Gasteiger partial charge < -0.3 is 39.5 Å². The molecule has 0 aliphatic carbocycles. The van der Waals surface area contributed by atoms with E-state index in [0.29, 0.717) is 59.6 Å². The molecule has 10 nitrogen and oxygen atoms in total. The molecule has 0 radical (unpaired) electrons. The second kappa shape index (κ2) is 14.7. The fourth-order valence-corrected chi connectivity index (χ4v) is 6.77. The van der Waals surface area contributed by atoms with E-state index in [9.17, 15) is 41.0 Å². The molecule has 0 fully saturated rings. The summed E-state index contributed by atoms with van der Waals surface area (Å²) < 4.78 is 86.5. The van der Waals surface area contributed by atoms with Crippen LogP contribution in [-0.2, 0) is 0 Å². The van der Waals surface area contributed by atoms with Crippen LogP contribution in [0.15, 0.2) is 66.9 Å². The molecule has 2 amide bonds. The topological polar surface area (TPSA) is 127 Å². The summed E-state index contributed by atoms with van der Waals surface area (Å²) in [6.07, 6.45) is -6.88. The zero-order valence-electron chi connectivity index (χ0n) is 25.3. The van der Waals surface area contributed by atoms with E-state index in [0.717, 1.165) is 3.70 Å². The monoisotopic (exact) mass is 806 g/mol. The fourth-order valence-electron chi connectivity index (χ4n) is 5.65. The highest BCUT2D eigenvalue weighted by Gasteiger charge is 2.33. The van der Waals surface area contributed by atoms with Crippen LogP contribution in [0.25, 0.3) is 22.3 Å². The second-order valence-electron chi connectivity index (χ2n) is 11.0. The van der Waals surface area contributed by atoms with Crippen molar-refractivity contribution in [2.75, 3.05) is 26.3 Å². The molecule has 6 rings (SSSR count). The molecule has 2 aromatic heterocycles. The van der Waals surface area contributed by atoms with Gasteiger partial charge in [-0.15, -0.1) is 26.3 Å². The molecule has 49 heavy (non-hydrogen) atoms. The van der Waals surface area contributed by atoms with Gasteiger partial charge in [0.2, 0.25) is 0 Å². The van der Waals surface area contributed by atoms with Crippen molar-refractivity contribution in [3.63, 3.8) is 0 Å². The Labute approximate surface area is 288 Å². The standard InChI is InChI=1S/C16H14F3IN2O3.C16H15F3N2O3/c17-16(18,19)25-11-3-1-2-9(6-11)12-7-13-15(24)21-8-10(4-5-23)22(13)14(12)20;17-16(18,19)24-13-3-1-2-10(6-13)11-7-14-15(23)20-8-12(4-5-22)21(14)9-11/h1-3,6-7,10,23H,4-5,8H2,(H,21,24);1-3,6-7,9,12,22H,4-5,8H2,(H,20,23). The Morgan fingerprint density at radius 2 is 1.27 bits per heavy atom. The smallest absolute Gasteiger partial charge is 0.406 e. The van der Waals surface area contributed by atoms with Crippen LogP contribution >= 0.6 is 22.6 Å². The van der Waals surface area contributed by atoms with Crippen molar-refractivity contribution >= 4 is 34.4 Å². The van der Waals surface area contributed by atoms with Crippen molar-refractivity contribution in [2.45, 2.75) is 37.7 Å². The molecule has 4 aromatic rings. The quantitative estimate of drug-likeness (QED) is 0.127. The lowest BCUT2D eigenvalue weighted by Gasteiger charge is -2.26. The number of nitrogens with zero attached hydrogens (tertiary/aromatic N) is 2. The molecule has 0 spiro atoms. The summed E-state index contributed by atoms with van der Waals surface area (Å²) in [6.45, 7) is 0.742. The maximum atomic E-state index is 12.4. The van der Waals surface area contributed by atoms with Gasteiger partial charge >= 0.3 is 12.7 Å². The molecule has 4 N–H and O–H groups in total. The Kier molecular flexibility index (Phi) is 10.8. The first-order valence-corrected chi connectivity index (χ1v) is 15.9. The third-order valence-electron chi connectivity index (χ3n) is 7.75. The van der Waals surface area contributed by atoms with E-state index in [1.165, 1.54) is 36.4 Å². The summed E-state index contributed by atoms with van der Waals surface area (Å²) in [5.74, 6) is -1.14. The van der Waals surface area contributed by atoms with E-state index >= 15 is 0 Å². The summed E-state index contributed by atoms with van der Waals surface area (Å²) in [7, 11) is 0. The van der Waals surface area contributed by atoms with Crippen LogP contribution in [0.3, 0.4) is 0 Å². The lowest BCUT2D eigenvalue weighted by molar-refractivity contribution is -0.275. The summed E-state index contributed by atoms with van der Waals surface area (Å²) in [6, 6.07) is 14.3. The second-order valence-corrected chi connectivity index (χ2v) is 12.1. The maximum absolute atomic E-state index is 12.4. The zero-order valence-corrected chi connectivity index (χ0v) is 27.5. The number of fused-ring (bicyclic) bond motifs is 2. The number of ether oxygens (including phenoxy) is 2. The number of carbonyl (C=O) groups excluding carboxylic acids is 2. The number of carbonyl (C=O) groups is 2. The third kappa shape index (κ3) is 8.69. The highest BCUT2D eigenvalue weighted by molar-refractivity contribution is 14.1. The van der Waals surface area contributed by atoms with Gasteiger partial charge in [-0.2, -0.15) is 0 Å². The first-order valence-electron chi connectivity index (χ1n) is 14.8. The average Bonchev–Trinajstić information content (AvgIpc) is 3.63. The number of halogens is 7. The molecule has 262 valence electrons. The molecule has 2 aliphatic rings. The molecule has 2 aliphatic heterocycles. The predicted octanol–water partition coefficient (Wildman–Crippen LogP) is 6.05. The summed E-state index contributed by atoms with van der Waals surface area (Å²) >= 11 is 2.07. The minimum absolute atomic E-state index is 0.0254. The van der Waals surface area contributed by atoms with E-state index in [-0.39, 0.29) is 48.6 Å². The summed E-state index contributed by atoms with van der Waals surface area (Å²) in [4.78, 5) is 24.1. The van der Waals surface area contributed by atoms with Crippen LogP contribution in [-0.4, -0.2) is 70.2 Å². The van der Waals surface area contributed by atoms with Crippen molar-refractivity contribution in [1.29, 1.82) is 0 Å². The Morgan fingerprint density at radius 3 is 1.86 bits per heavy atom. The average molecular weight is 806 g/mol. The van der Waals surface area contributed by atoms with Crippen LogP contribution < -0.4 is 20.1 Å². The number of rotatable bonds is 8. The van der Waals surface area contributed by atoms with Crippen molar-refractivity contribution < 1.29 is 55.6 Å². The van der Waals surface area contributed by atoms with Gasteiger partial charge in [0.05, 0.1) is 15.8 Å². The largest absolute Gasteiger partial charge is 0.573 e. The Balaban J connectivity index is 0.000000191. The number of hydrogen-bond donors (Lipinski definition) is 4. The van der Waals surface area contributed by atoms with E-state index in [1.54, 1.807) is 35.0 Å². The van der Waals surface area contributed by atoms with Gasteiger partial charge in [-0.1, -0.05) is 24.3 Å². The minimum Gasteiger partial charge on any atom is -0.406 e. The van der Waals surface area contributed by atoms with Gasteiger partial charge in [0.25, 0.3) is 11.8 Å². The number of nitrogens with one attached hydrogen (secondary N) is 2. The summed E-state index contributed by atoms with van der Waals surface area (Å²) in [5, 5.41) is 23.8. The van der Waals surface area contributed by atoms with Gasteiger partial charge in [-0.3, -0.25) is 9.59 Å². The molecule has 2 aromatic carbocycles. The van der Waals surface area contributed by atoms with Crippen molar-refractivity contribution in [2.24, 2.45) is 0 Å². The molecule has 0 saturated heterocycles. The SMILES string of the molecule is O=C1NCC(CCO)n2c1cc(-c1cccc(OC(F)(F)F)c1)c2I.O=C1NCC(CCO)n2cc(-c3cccc(OC(F)(F)F)c3)cc21. The number of amides is 2. The molecule has 0 saturated carbocycles. The number of alkyl halides is 6. The van der Waals surface area contributed by atoms with Gasteiger partial charge in [-0.05, 0) is 83.0 Å². The predicted molar refractivity (Wildman–Crippen MR) is 172 cm³/mol. The maximum Gasteiger partial charge on any atom is 0.573 e. The van der Waals surface area contributed by atoms with Crippen LogP contribution in [0, 0.1) is 3.70 Å². The first-order chi connectivity index (χ1) is 23.2. The van der Waals surface area contributed by atoms with Gasteiger partial charge in [0.15, 0.2) is 0 Å². The van der Waals surface area contributed by atoms with Crippen molar-refractivity contribution in [3.8, 4) is 33.8 Å². The van der Waals surface area contributed by atoms with Gasteiger partial charge in [0.1, 0.15) is 22.9 Å². The van der Waals surface area contributed by atoms with Crippen molar-refractivity contribution in [3.05, 3.63) is 81.9 Å². The highest BCUT2D eigenvalue weighted by Crippen LogP contribution is 2.36. The van der Waals surface area contributed by atoms with Gasteiger partial charge in [-0.25, -0.2) is 0 Å². The number of aromatic nitrogens is 2. The number of aliphatic hydroxyl groups excluding tert-OH is 2.